The molecule has 27 heavy (non-hydrogen) atoms. The van der Waals surface area contributed by atoms with Crippen LogP contribution in [0.4, 0.5) is 0 Å². The van der Waals surface area contributed by atoms with Crippen molar-refractivity contribution in [1.82, 2.24) is 24.8 Å². The SMILES string of the molecule is CC(C)c1noc2ncc(C(=O)N3CCN(C4CCCN(C)C4)CC3)cc12. The first-order chi connectivity index (χ1) is 13.0. The molecule has 1 amide bonds. The summed E-state index contributed by atoms with van der Waals surface area (Å²) >= 11 is 0. The molecule has 0 bridgehead atoms. The number of nitrogens with zero attached hydrogens (tertiary/aromatic N) is 5. The Balaban J connectivity index is 1.43. The quantitative estimate of drug-likeness (QED) is 0.824. The van der Waals surface area contributed by atoms with E-state index < -0.39 is 0 Å². The van der Waals surface area contributed by atoms with Gasteiger partial charge in [0.25, 0.3) is 11.6 Å². The molecule has 1 atom stereocenters. The van der Waals surface area contributed by atoms with E-state index in [0.717, 1.165) is 43.8 Å². The van der Waals surface area contributed by atoms with E-state index in [0.29, 0.717) is 17.3 Å². The second-order valence-corrected chi connectivity index (χ2v) is 8.19. The molecule has 7 heteroatoms. The van der Waals surface area contributed by atoms with Gasteiger partial charge in [0.2, 0.25) is 0 Å². The fraction of sp³-hybridized carbons (Fsp3) is 0.650. The lowest BCUT2D eigenvalue weighted by Crippen LogP contribution is -2.55. The van der Waals surface area contributed by atoms with E-state index in [2.05, 4.69) is 40.8 Å². The number of hydrogen-bond donors (Lipinski definition) is 0. The van der Waals surface area contributed by atoms with E-state index in [1.807, 2.05) is 11.0 Å². The Kier molecular flexibility index (Phi) is 5.14. The molecule has 0 aliphatic carbocycles. The Hall–Kier alpha value is -1.99. The summed E-state index contributed by atoms with van der Waals surface area (Å²) in [6, 6.07) is 2.52. The van der Waals surface area contributed by atoms with Gasteiger partial charge >= 0.3 is 0 Å². The zero-order valence-corrected chi connectivity index (χ0v) is 16.5. The van der Waals surface area contributed by atoms with Gasteiger partial charge in [-0.25, -0.2) is 4.98 Å². The van der Waals surface area contributed by atoms with Crippen LogP contribution in [0, 0.1) is 0 Å². The topological polar surface area (TPSA) is 65.7 Å². The van der Waals surface area contributed by atoms with Crippen LogP contribution in [0.1, 0.15) is 48.7 Å². The number of amides is 1. The number of piperazine rings is 1. The van der Waals surface area contributed by atoms with E-state index in [4.69, 9.17) is 4.52 Å². The predicted molar refractivity (Wildman–Crippen MR) is 104 cm³/mol. The number of carbonyl (C=O) groups excluding carboxylic acids is 1. The van der Waals surface area contributed by atoms with Gasteiger partial charge < -0.3 is 14.3 Å². The summed E-state index contributed by atoms with van der Waals surface area (Å²) in [7, 11) is 2.20. The second-order valence-electron chi connectivity index (χ2n) is 8.19. The smallest absolute Gasteiger partial charge is 0.257 e. The summed E-state index contributed by atoms with van der Waals surface area (Å²) in [5, 5.41) is 4.95. The minimum atomic E-state index is 0.0562. The molecule has 0 N–H and O–H groups in total. The lowest BCUT2D eigenvalue weighted by Gasteiger charge is -2.42. The molecular weight excluding hydrogens is 342 g/mol. The van der Waals surface area contributed by atoms with E-state index in [1.54, 1.807) is 6.20 Å². The summed E-state index contributed by atoms with van der Waals surface area (Å²) in [5.41, 5.74) is 1.98. The van der Waals surface area contributed by atoms with Gasteiger partial charge in [-0.05, 0) is 38.4 Å². The number of pyridine rings is 1. The number of hydrogen-bond acceptors (Lipinski definition) is 6. The minimum Gasteiger partial charge on any atom is -0.336 e. The van der Waals surface area contributed by atoms with Crippen LogP contribution in [0.3, 0.4) is 0 Å². The average molecular weight is 371 g/mol. The summed E-state index contributed by atoms with van der Waals surface area (Å²) in [4.78, 5) is 24.2. The van der Waals surface area contributed by atoms with Crippen molar-refractivity contribution < 1.29 is 9.32 Å². The van der Waals surface area contributed by atoms with Gasteiger partial charge in [-0.1, -0.05) is 19.0 Å². The maximum Gasteiger partial charge on any atom is 0.257 e. The van der Waals surface area contributed by atoms with Gasteiger partial charge in [0.1, 0.15) is 0 Å². The number of rotatable bonds is 3. The Morgan fingerprint density at radius 1 is 1.22 bits per heavy atom. The highest BCUT2D eigenvalue weighted by Crippen LogP contribution is 2.25. The third-order valence-corrected chi connectivity index (χ3v) is 5.87. The van der Waals surface area contributed by atoms with E-state index in [-0.39, 0.29) is 11.8 Å². The van der Waals surface area contributed by atoms with E-state index >= 15 is 0 Å². The molecule has 2 aliphatic rings. The highest BCUT2D eigenvalue weighted by molar-refractivity contribution is 5.97. The molecule has 0 radical (unpaired) electrons. The van der Waals surface area contributed by atoms with Crippen LogP contribution in [0.15, 0.2) is 16.8 Å². The molecule has 2 fully saturated rings. The highest BCUT2D eigenvalue weighted by atomic mass is 16.5. The Bertz CT molecular complexity index is 810. The molecule has 0 aromatic carbocycles. The van der Waals surface area contributed by atoms with Gasteiger partial charge in [0, 0.05) is 45.0 Å². The summed E-state index contributed by atoms with van der Waals surface area (Å²) < 4.78 is 5.28. The normalized spacial score (nSPS) is 22.7. The summed E-state index contributed by atoms with van der Waals surface area (Å²) in [6.45, 7) is 9.91. The molecule has 2 saturated heterocycles. The van der Waals surface area contributed by atoms with Gasteiger partial charge in [-0.2, -0.15) is 0 Å². The van der Waals surface area contributed by atoms with Crippen molar-refractivity contribution in [3.05, 3.63) is 23.5 Å². The molecule has 4 rings (SSSR count). The van der Waals surface area contributed by atoms with Crippen LogP contribution in [-0.2, 0) is 0 Å². The molecular formula is C20H29N5O2. The molecule has 2 aromatic rings. The summed E-state index contributed by atoms with van der Waals surface area (Å²) in [5.74, 6) is 0.288. The minimum absolute atomic E-state index is 0.0562. The lowest BCUT2D eigenvalue weighted by molar-refractivity contribution is 0.0452. The third-order valence-electron chi connectivity index (χ3n) is 5.87. The zero-order valence-electron chi connectivity index (χ0n) is 16.5. The molecule has 2 aromatic heterocycles. The summed E-state index contributed by atoms with van der Waals surface area (Å²) in [6.07, 6.45) is 4.15. The van der Waals surface area contributed by atoms with Gasteiger partial charge in [-0.3, -0.25) is 9.69 Å². The monoisotopic (exact) mass is 371 g/mol. The first-order valence-electron chi connectivity index (χ1n) is 10.00. The van der Waals surface area contributed by atoms with Crippen LogP contribution in [0.25, 0.3) is 11.1 Å². The molecule has 2 aliphatic heterocycles. The number of carbonyl (C=O) groups is 1. The Labute approximate surface area is 160 Å². The fourth-order valence-corrected chi connectivity index (χ4v) is 4.29. The van der Waals surface area contributed by atoms with Crippen molar-refractivity contribution in [2.24, 2.45) is 0 Å². The largest absolute Gasteiger partial charge is 0.336 e. The van der Waals surface area contributed by atoms with Crippen molar-refractivity contribution >= 4 is 17.0 Å². The molecule has 146 valence electrons. The van der Waals surface area contributed by atoms with Crippen LogP contribution in [0.2, 0.25) is 0 Å². The van der Waals surface area contributed by atoms with Crippen LogP contribution >= 0.6 is 0 Å². The standard InChI is InChI=1S/C20H29N5O2/c1-14(2)18-17-11-15(12-21-19(17)27-22-18)20(26)25-9-7-24(8-10-25)16-5-4-6-23(3)13-16/h11-12,14,16H,4-10,13H2,1-3H3. The fourth-order valence-electron chi connectivity index (χ4n) is 4.29. The Morgan fingerprint density at radius 3 is 2.70 bits per heavy atom. The van der Waals surface area contributed by atoms with Crippen LogP contribution in [-0.4, -0.2) is 83.1 Å². The predicted octanol–water partition coefficient (Wildman–Crippen LogP) is 2.20. The van der Waals surface area contributed by atoms with E-state index in [1.165, 1.54) is 19.4 Å². The number of piperidine rings is 1. The highest BCUT2D eigenvalue weighted by Gasteiger charge is 2.29. The first-order valence-corrected chi connectivity index (χ1v) is 10.00. The van der Waals surface area contributed by atoms with Crippen LogP contribution in [0.5, 0.6) is 0 Å². The van der Waals surface area contributed by atoms with Crippen molar-refractivity contribution in [2.45, 2.75) is 38.6 Å². The number of fused-ring (bicyclic) bond motifs is 1. The number of likely N-dealkylation sites (tertiary alicyclic amines) is 1. The number of likely N-dealkylation sites (N-methyl/N-ethyl adjacent to an activating group) is 1. The van der Waals surface area contributed by atoms with Gasteiger partial charge in [-0.15, -0.1) is 0 Å². The number of aromatic nitrogens is 2. The van der Waals surface area contributed by atoms with Gasteiger partial charge in [0.15, 0.2) is 0 Å². The van der Waals surface area contributed by atoms with Gasteiger partial charge in [0.05, 0.1) is 16.6 Å². The molecule has 7 nitrogen and oxygen atoms in total. The van der Waals surface area contributed by atoms with Crippen LogP contribution < -0.4 is 0 Å². The lowest BCUT2D eigenvalue weighted by atomic mass is 10.0. The Morgan fingerprint density at radius 2 is 2.00 bits per heavy atom. The molecule has 0 saturated carbocycles. The molecule has 4 heterocycles. The maximum absolute atomic E-state index is 13.0. The van der Waals surface area contributed by atoms with Crippen molar-refractivity contribution in [3.63, 3.8) is 0 Å². The second kappa shape index (κ2) is 7.56. The third kappa shape index (κ3) is 3.71. The molecule has 0 spiro atoms. The molecule has 1 unspecified atom stereocenters. The van der Waals surface area contributed by atoms with Crippen molar-refractivity contribution in [2.75, 3.05) is 46.3 Å². The van der Waals surface area contributed by atoms with E-state index in [9.17, 15) is 4.79 Å². The zero-order chi connectivity index (χ0) is 19.0. The average Bonchev–Trinajstić information content (AvgIpc) is 3.11. The van der Waals surface area contributed by atoms with Crippen molar-refractivity contribution in [1.29, 1.82) is 0 Å². The maximum atomic E-state index is 13.0. The first kappa shape index (κ1) is 18.4. The van der Waals surface area contributed by atoms with Crippen molar-refractivity contribution in [3.8, 4) is 0 Å².